The van der Waals surface area contributed by atoms with Crippen molar-refractivity contribution in [1.29, 1.82) is 0 Å². The lowest BCUT2D eigenvalue weighted by atomic mass is 9.70. The zero-order valence-electron chi connectivity index (χ0n) is 29.0. The summed E-state index contributed by atoms with van der Waals surface area (Å²) in [5, 5.41) is 5.77. The molecule has 1 unspecified atom stereocenters. The van der Waals surface area contributed by atoms with Crippen molar-refractivity contribution in [1.82, 2.24) is 15.0 Å². The molecule has 8 aromatic carbocycles. The van der Waals surface area contributed by atoms with E-state index in [1.165, 1.54) is 44.2 Å². The molecule has 0 aliphatic heterocycles. The molecule has 12 rings (SSSR count). The standard InChI is InChI=1S/C50H29N3O/c1-3-13-32-27-34(23-21-30(32)11-1)47-51-48(35-24-22-31-12-2-4-14-33(31)28-35)53-49(52-47)36-25-26-38-37-15-5-8-18-41(37)50(43(38)29-36)42-19-9-6-16-39(42)46-45(50)40-17-7-10-20-44(40)54-46/h1-29H. The number of nitrogens with zero attached hydrogens (tertiary/aromatic N) is 3. The molecular formula is C50H29N3O. The van der Waals surface area contributed by atoms with Crippen molar-refractivity contribution in [3.8, 4) is 56.6 Å². The molecule has 250 valence electrons. The molecule has 4 heteroatoms. The van der Waals surface area contributed by atoms with Gasteiger partial charge in [0, 0.05) is 33.2 Å². The fourth-order valence-electron chi connectivity index (χ4n) is 9.15. The Balaban J connectivity index is 1.13. The fraction of sp³-hybridized carbons (Fsp3) is 0.0200. The van der Waals surface area contributed by atoms with E-state index < -0.39 is 5.41 Å². The van der Waals surface area contributed by atoms with Crippen LogP contribution in [0.1, 0.15) is 22.3 Å². The molecule has 0 bridgehead atoms. The van der Waals surface area contributed by atoms with Crippen molar-refractivity contribution < 1.29 is 4.42 Å². The summed E-state index contributed by atoms with van der Waals surface area (Å²) in [6.07, 6.45) is 0. The molecule has 2 aliphatic rings. The second-order valence-corrected chi connectivity index (χ2v) is 14.3. The summed E-state index contributed by atoms with van der Waals surface area (Å²) in [6.45, 7) is 0. The number of hydrogen-bond donors (Lipinski definition) is 0. The topological polar surface area (TPSA) is 51.8 Å². The first kappa shape index (κ1) is 29.4. The highest BCUT2D eigenvalue weighted by molar-refractivity contribution is 6.02. The summed E-state index contributed by atoms with van der Waals surface area (Å²) in [5.74, 6) is 2.86. The molecule has 10 aromatic rings. The molecule has 2 aliphatic carbocycles. The van der Waals surface area contributed by atoms with Gasteiger partial charge in [-0.3, -0.25) is 0 Å². The number of hydrogen-bond acceptors (Lipinski definition) is 4. The van der Waals surface area contributed by atoms with E-state index in [4.69, 9.17) is 19.4 Å². The second kappa shape index (κ2) is 10.9. The van der Waals surface area contributed by atoms with E-state index in [1.807, 2.05) is 0 Å². The average Bonchev–Trinajstić information content (AvgIpc) is 3.86. The summed E-state index contributed by atoms with van der Waals surface area (Å²) in [7, 11) is 0. The average molecular weight is 688 g/mol. The SMILES string of the molecule is c1ccc2c(c1)-c1ccc(-c3nc(-c4ccc5ccccc5c4)nc(-c4ccc5ccccc5c4)n3)cc1C21c2ccccc2-c2oc3ccccc3c21. The largest absolute Gasteiger partial charge is 0.456 e. The third kappa shape index (κ3) is 3.99. The van der Waals surface area contributed by atoms with Crippen LogP contribution in [0.15, 0.2) is 180 Å². The Kier molecular flexibility index (Phi) is 5.95. The van der Waals surface area contributed by atoms with Gasteiger partial charge in [0.2, 0.25) is 0 Å². The maximum absolute atomic E-state index is 6.73. The number of fused-ring (bicyclic) bond motifs is 14. The minimum absolute atomic E-state index is 0.574. The molecule has 0 saturated heterocycles. The van der Waals surface area contributed by atoms with Crippen LogP contribution in [0.4, 0.5) is 0 Å². The van der Waals surface area contributed by atoms with Crippen LogP contribution >= 0.6 is 0 Å². The predicted molar refractivity (Wildman–Crippen MR) is 217 cm³/mol. The monoisotopic (exact) mass is 687 g/mol. The molecule has 54 heavy (non-hydrogen) atoms. The maximum Gasteiger partial charge on any atom is 0.164 e. The summed E-state index contributed by atoms with van der Waals surface area (Å²) in [6, 6.07) is 62.5. The molecule has 0 radical (unpaired) electrons. The number of benzene rings is 8. The number of rotatable bonds is 3. The van der Waals surface area contributed by atoms with Gasteiger partial charge in [-0.1, -0.05) is 152 Å². The lowest BCUT2D eigenvalue weighted by Gasteiger charge is -2.30. The fourth-order valence-corrected chi connectivity index (χ4v) is 9.15. The van der Waals surface area contributed by atoms with E-state index in [2.05, 4.69) is 176 Å². The van der Waals surface area contributed by atoms with Crippen molar-refractivity contribution in [2.45, 2.75) is 5.41 Å². The molecule has 0 N–H and O–H groups in total. The smallest absolute Gasteiger partial charge is 0.164 e. The van der Waals surface area contributed by atoms with E-state index in [0.29, 0.717) is 17.5 Å². The molecule has 0 saturated carbocycles. The van der Waals surface area contributed by atoms with Crippen LogP contribution in [0, 0.1) is 0 Å². The van der Waals surface area contributed by atoms with Crippen molar-refractivity contribution in [2.75, 3.05) is 0 Å². The highest BCUT2D eigenvalue weighted by Crippen LogP contribution is 2.65. The lowest BCUT2D eigenvalue weighted by molar-refractivity contribution is 0.628. The molecule has 0 amide bonds. The van der Waals surface area contributed by atoms with Gasteiger partial charge in [0.05, 0.1) is 5.41 Å². The minimum Gasteiger partial charge on any atom is -0.456 e. The van der Waals surface area contributed by atoms with Crippen LogP contribution in [-0.4, -0.2) is 15.0 Å². The molecule has 4 nitrogen and oxygen atoms in total. The van der Waals surface area contributed by atoms with E-state index in [9.17, 15) is 0 Å². The van der Waals surface area contributed by atoms with Crippen molar-refractivity contribution >= 4 is 32.5 Å². The second-order valence-electron chi connectivity index (χ2n) is 14.3. The van der Waals surface area contributed by atoms with Crippen molar-refractivity contribution in [2.24, 2.45) is 0 Å². The Morgan fingerprint density at radius 2 is 0.852 bits per heavy atom. The van der Waals surface area contributed by atoms with Crippen LogP contribution in [0.5, 0.6) is 0 Å². The van der Waals surface area contributed by atoms with Crippen LogP contribution in [-0.2, 0) is 5.41 Å². The highest BCUT2D eigenvalue weighted by atomic mass is 16.3. The first-order chi connectivity index (χ1) is 26.7. The summed E-state index contributed by atoms with van der Waals surface area (Å²) >= 11 is 0. The van der Waals surface area contributed by atoms with Crippen molar-refractivity contribution in [3.63, 3.8) is 0 Å². The van der Waals surface area contributed by atoms with Gasteiger partial charge in [0.25, 0.3) is 0 Å². The predicted octanol–water partition coefficient (Wildman–Crippen LogP) is 12.3. The van der Waals surface area contributed by atoms with Gasteiger partial charge in [0.15, 0.2) is 17.5 Å². The van der Waals surface area contributed by atoms with Gasteiger partial charge in [0.1, 0.15) is 11.3 Å². The van der Waals surface area contributed by atoms with Gasteiger partial charge < -0.3 is 4.42 Å². The molecule has 2 aromatic heterocycles. The van der Waals surface area contributed by atoms with E-state index >= 15 is 0 Å². The van der Waals surface area contributed by atoms with Crippen LogP contribution < -0.4 is 0 Å². The summed E-state index contributed by atoms with van der Waals surface area (Å²) < 4.78 is 6.73. The van der Waals surface area contributed by atoms with E-state index in [1.54, 1.807) is 0 Å². The zero-order chi connectivity index (χ0) is 35.4. The number of aromatic nitrogens is 3. The first-order valence-corrected chi connectivity index (χ1v) is 18.4. The van der Waals surface area contributed by atoms with Crippen LogP contribution in [0.3, 0.4) is 0 Å². The molecule has 2 heterocycles. The molecule has 1 spiro atoms. The minimum atomic E-state index is -0.574. The quantitative estimate of drug-likeness (QED) is 0.185. The lowest BCUT2D eigenvalue weighted by Crippen LogP contribution is -2.25. The number of para-hydroxylation sites is 1. The van der Waals surface area contributed by atoms with Crippen LogP contribution in [0.25, 0.3) is 89.1 Å². The van der Waals surface area contributed by atoms with Gasteiger partial charge in [-0.2, -0.15) is 0 Å². The highest BCUT2D eigenvalue weighted by Gasteiger charge is 2.54. The van der Waals surface area contributed by atoms with Crippen LogP contribution in [0.2, 0.25) is 0 Å². The first-order valence-electron chi connectivity index (χ1n) is 18.4. The summed E-state index contributed by atoms with van der Waals surface area (Å²) in [4.78, 5) is 15.6. The van der Waals surface area contributed by atoms with E-state index in [-0.39, 0.29) is 0 Å². The molecular weight excluding hydrogens is 659 g/mol. The third-order valence-electron chi connectivity index (χ3n) is 11.5. The Bertz CT molecular complexity index is 3100. The third-order valence-corrected chi connectivity index (χ3v) is 11.5. The van der Waals surface area contributed by atoms with Gasteiger partial charge >= 0.3 is 0 Å². The summed E-state index contributed by atoms with van der Waals surface area (Å²) in [5.41, 5.74) is 11.6. The van der Waals surface area contributed by atoms with Gasteiger partial charge in [-0.25, -0.2) is 15.0 Å². The van der Waals surface area contributed by atoms with Crippen molar-refractivity contribution in [3.05, 3.63) is 198 Å². The Labute approximate surface area is 311 Å². The maximum atomic E-state index is 6.73. The number of furan rings is 1. The Morgan fingerprint density at radius 3 is 1.52 bits per heavy atom. The van der Waals surface area contributed by atoms with Gasteiger partial charge in [-0.15, -0.1) is 0 Å². The zero-order valence-corrected chi connectivity index (χ0v) is 29.0. The Morgan fingerprint density at radius 1 is 0.370 bits per heavy atom. The Hall–Kier alpha value is -7.17. The van der Waals surface area contributed by atoms with Gasteiger partial charge in [-0.05, 0) is 73.6 Å². The molecule has 0 fully saturated rings. The molecule has 1 atom stereocenters. The van der Waals surface area contributed by atoms with E-state index in [0.717, 1.165) is 49.8 Å². The normalized spacial score (nSPS) is 15.1.